The molecule has 4 bridgehead atoms. The first kappa shape index (κ1) is 40.4. The number of fused-ring (bicyclic) bond motifs is 4. The number of benzene rings is 2. The molecule has 26 heteroatoms. The number of hydrogen-bond acceptors (Lipinski definition) is 18. The number of aromatic nitrogens is 8. The summed E-state index contributed by atoms with van der Waals surface area (Å²) < 4.78 is 59.7. The summed E-state index contributed by atoms with van der Waals surface area (Å²) in [7, 11) is 0. The van der Waals surface area contributed by atoms with E-state index in [4.69, 9.17) is 44.1 Å². The molecule has 6 aromatic rings. The molecule has 4 aromatic heterocycles. The Morgan fingerprint density at radius 2 is 1.36 bits per heavy atom. The summed E-state index contributed by atoms with van der Waals surface area (Å²) in [5, 5.41) is 17.0. The van der Waals surface area contributed by atoms with Crippen LogP contribution >= 0.6 is 25.8 Å². The summed E-state index contributed by atoms with van der Waals surface area (Å²) in [6.45, 7) is -9.87. The normalized spacial score (nSPS) is 32.5. The molecule has 2 aromatic carbocycles. The highest BCUT2D eigenvalue weighted by Gasteiger charge is 2.65. The van der Waals surface area contributed by atoms with Crippen molar-refractivity contribution in [1.29, 1.82) is 0 Å². The average Bonchev–Trinajstić information content (AvgIpc) is 4.08. The summed E-state index contributed by atoms with van der Waals surface area (Å²) >= 11 is 9.74. The van der Waals surface area contributed by atoms with Crippen LogP contribution in [0.3, 0.4) is 0 Å². The first-order chi connectivity index (χ1) is 29.4. The van der Waals surface area contributed by atoms with Gasteiger partial charge in [-0.3, -0.25) is 32.3 Å². The van der Waals surface area contributed by atoms with E-state index in [1.54, 1.807) is 60.7 Å². The topological polar surface area (TPSA) is 268 Å². The van der Waals surface area contributed by atoms with E-state index < -0.39 is 87.1 Å². The maximum absolute atomic E-state index is 14.1. The van der Waals surface area contributed by atoms with Gasteiger partial charge in [-0.1, -0.05) is 48.6 Å². The molecule has 10 rings (SSSR count). The number of nitrogens with zero attached hydrogens (tertiary/aromatic N) is 8. The van der Waals surface area contributed by atoms with Crippen molar-refractivity contribution >= 4 is 83.3 Å². The summed E-state index contributed by atoms with van der Waals surface area (Å²) in [6, 6.07) is 17.0. The number of aliphatic hydroxyl groups excluding tert-OH is 1. The summed E-state index contributed by atoms with van der Waals surface area (Å²) in [6.07, 6.45) is -3.58. The lowest BCUT2D eigenvalue weighted by Gasteiger charge is -2.33. The molecule has 0 radical (unpaired) electrons. The van der Waals surface area contributed by atoms with Crippen molar-refractivity contribution in [2.75, 3.05) is 30.5 Å². The van der Waals surface area contributed by atoms with Crippen LogP contribution in [0.15, 0.2) is 86.0 Å². The van der Waals surface area contributed by atoms with Crippen molar-refractivity contribution in [3.05, 3.63) is 97.1 Å². The van der Waals surface area contributed by atoms with Crippen LogP contribution in [0.2, 0.25) is 0 Å². The number of rotatable bonds is 6. The molecule has 4 saturated heterocycles. The van der Waals surface area contributed by atoms with Crippen molar-refractivity contribution in [3.8, 4) is 0 Å². The zero-order valence-corrected chi connectivity index (χ0v) is 34.5. The maximum Gasteiger partial charge on any atom is 0.386 e. The molecular weight excluding hydrogens is 879 g/mol. The molecule has 0 spiro atoms. The molecule has 2 amide bonds. The van der Waals surface area contributed by atoms with Gasteiger partial charge in [0.05, 0.1) is 32.5 Å². The third-order valence-corrected chi connectivity index (χ3v) is 13.6. The van der Waals surface area contributed by atoms with Crippen molar-refractivity contribution in [2.45, 2.75) is 48.6 Å². The molecule has 2 unspecified atom stereocenters. The van der Waals surface area contributed by atoms with Gasteiger partial charge in [-0.15, -0.1) is 0 Å². The fourth-order valence-corrected chi connectivity index (χ4v) is 10.5. The number of ether oxygens (including phenoxy) is 3. The number of imidazole rings is 2. The Morgan fingerprint density at radius 3 is 1.95 bits per heavy atom. The van der Waals surface area contributed by atoms with Crippen molar-refractivity contribution in [1.82, 2.24) is 39.0 Å². The van der Waals surface area contributed by atoms with Gasteiger partial charge in [0, 0.05) is 11.1 Å². The minimum atomic E-state index is -4.44. The number of carbonyl (C=O) groups is 2. The van der Waals surface area contributed by atoms with Crippen LogP contribution in [0.25, 0.3) is 22.3 Å². The quantitative estimate of drug-likeness (QED) is 0.119. The van der Waals surface area contributed by atoms with Crippen molar-refractivity contribution in [3.63, 3.8) is 0 Å². The van der Waals surface area contributed by atoms with Crippen molar-refractivity contribution in [2.24, 2.45) is 0 Å². The molecule has 0 saturated carbocycles. The van der Waals surface area contributed by atoms with E-state index >= 15 is 0 Å². The predicted octanol–water partition coefficient (Wildman–Crippen LogP) is 3.17. The van der Waals surface area contributed by atoms with E-state index in [-0.39, 0.29) is 40.6 Å². The summed E-state index contributed by atoms with van der Waals surface area (Å²) in [5.74, 6) is -0.632. The van der Waals surface area contributed by atoms with Crippen LogP contribution in [-0.4, -0.2) is 117 Å². The number of aliphatic hydroxyl groups is 1. The number of thiol groups is 1. The molecule has 4 aliphatic heterocycles. The molecule has 22 nitrogen and oxygen atoms in total. The zero-order chi connectivity index (χ0) is 42.1. The van der Waals surface area contributed by atoms with Gasteiger partial charge in [-0.25, -0.2) is 34.5 Å². The first-order valence-corrected chi connectivity index (χ1v) is 23.7. The number of amides is 2. The van der Waals surface area contributed by atoms with Crippen LogP contribution in [0.1, 0.15) is 33.2 Å². The van der Waals surface area contributed by atoms with Gasteiger partial charge in [0.1, 0.15) is 48.8 Å². The Bertz CT molecular complexity index is 2770. The van der Waals surface area contributed by atoms with E-state index in [9.17, 15) is 24.2 Å². The number of nitrogens with one attached hydrogen (secondary N) is 2. The van der Waals surface area contributed by atoms with E-state index in [1.165, 1.54) is 34.4 Å². The molecule has 61 heavy (non-hydrogen) atoms. The summed E-state index contributed by atoms with van der Waals surface area (Å²) in [4.78, 5) is 63.4. The fraction of sp³-hybridized carbons (Fsp3) is 0.314. The van der Waals surface area contributed by atoms with Gasteiger partial charge in [0.25, 0.3) is 11.8 Å². The number of anilines is 2. The second-order valence-electron chi connectivity index (χ2n) is 14.2. The smallest absolute Gasteiger partial charge is 0.386 e. The minimum absolute atomic E-state index is 0.0872. The van der Waals surface area contributed by atoms with Gasteiger partial charge in [0.2, 0.25) is 0 Å². The van der Waals surface area contributed by atoms with Gasteiger partial charge in [0.15, 0.2) is 46.4 Å². The Balaban J connectivity index is 0.924. The Hall–Kier alpha value is -4.65. The lowest BCUT2D eigenvalue weighted by atomic mass is 10.0. The highest BCUT2D eigenvalue weighted by atomic mass is 32.7. The Morgan fingerprint density at radius 1 is 0.787 bits per heavy atom. The molecular formula is C35H32N10O12P2S2. The van der Waals surface area contributed by atoms with E-state index in [1.807, 2.05) is 0 Å². The number of carbonyl (C=O) groups excluding carboxylic acids is 2. The molecule has 316 valence electrons. The van der Waals surface area contributed by atoms with Crippen LogP contribution in [-0.2, 0) is 48.7 Å². The van der Waals surface area contributed by atoms with Gasteiger partial charge < -0.3 is 39.4 Å². The molecule has 4 fully saturated rings. The Labute approximate surface area is 353 Å². The summed E-state index contributed by atoms with van der Waals surface area (Å²) in [5.41, 5.74) is 0.0162. The SMILES string of the molecule is O=C(Nc1ncnc2c1ncn2[C@@H]1O[C@@H]2COP(O)(=S)O[C@H]3[C@H]4OC[C@]3(COP(=O)(S)O[C@@H]1[C@@H]2O)O[C@H]4n1cnc2c(NC(=O)c3ccccc3)ncnc21)c1ccccc1. The third kappa shape index (κ3) is 7.46. The highest BCUT2D eigenvalue weighted by Crippen LogP contribution is 2.61. The van der Waals surface area contributed by atoms with Crippen molar-refractivity contribution < 1.29 is 56.5 Å². The lowest BCUT2D eigenvalue weighted by Crippen LogP contribution is -2.45. The molecule has 10 atom stereocenters. The van der Waals surface area contributed by atoms with Crippen LogP contribution in [0, 0.1) is 0 Å². The average molecular weight is 911 g/mol. The second kappa shape index (κ2) is 15.6. The minimum Gasteiger partial charge on any atom is -0.387 e. The van der Waals surface area contributed by atoms with Gasteiger partial charge >= 0.3 is 13.5 Å². The highest BCUT2D eigenvalue weighted by molar-refractivity contribution is 8.44. The van der Waals surface area contributed by atoms with E-state index in [2.05, 4.69) is 52.8 Å². The monoisotopic (exact) mass is 910 g/mol. The maximum atomic E-state index is 14.1. The van der Waals surface area contributed by atoms with Crippen LogP contribution in [0.5, 0.6) is 0 Å². The molecule has 8 heterocycles. The molecule has 4 N–H and O–H groups in total. The van der Waals surface area contributed by atoms with E-state index in [0.29, 0.717) is 11.1 Å². The molecule has 0 aliphatic carbocycles. The van der Waals surface area contributed by atoms with Gasteiger partial charge in [-0.2, -0.15) is 0 Å². The second-order valence-corrected chi connectivity index (χ2v) is 19.9. The van der Waals surface area contributed by atoms with Gasteiger partial charge in [-0.05, 0) is 36.1 Å². The number of hydrogen-bond donors (Lipinski definition) is 5. The zero-order valence-electron chi connectivity index (χ0n) is 31.1. The third-order valence-electron chi connectivity index (χ3n) is 10.5. The first-order valence-electron chi connectivity index (χ1n) is 18.4. The largest absolute Gasteiger partial charge is 0.387 e. The Kier molecular flexibility index (Phi) is 10.3. The van der Waals surface area contributed by atoms with Crippen LogP contribution < -0.4 is 10.6 Å². The molecule has 4 aliphatic rings. The lowest BCUT2D eigenvalue weighted by molar-refractivity contribution is -0.183. The van der Waals surface area contributed by atoms with Crippen LogP contribution in [0.4, 0.5) is 11.6 Å². The standard InChI is InChI=1S/C35H32N10O12P2S2/c46-23-20-11-52-58(49,60)57-26-25-34(45-17-41-22-28(37-15-39-30(22)45)43-32(48)19-9-5-2-6-10-19)55-35(26,12-51-25)13-53-59(50,61)56-24(23)33(54-20)44-16-40-21-27(36-14-38-29(21)44)42-31(47)18-7-3-1-4-8-18/h1-10,14-17,20,23-26,33-34,46H,11-13H2,(H,49,60)(H,50,61)(H,36,38,42,47)(H,37,39,43,48)/t20-,23-,24-,25-,26+,33-,34-,35-,58?,59?/m1/s1. The fourth-order valence-electron chi connectivity index (χ4n) is 7.58. The van der Waals surface area contributed by atoms with E-state index in [0.717, 1.165) is 0 Å². The predicted molar refractivity (Wildman–Crippen MR) is 217 cm³/mol.